The van der Waals surface area contributed by atoms with Crippen LogP contribution in [0.2, 0.25) is 0 Å². The summed E-state index contributed by atoms with van der Waals surface area (Å²) >= 11 is 0. The molecule has 0 aliphatic heterocycles. The van der Waals surface area contributed by atoms with Crippen molar-refractivity contribution in [2.24, 2.45) is 7.05 Å². The highest BCUT2D eigenvalue weighted by Gasteiger charge is 2.27. The molecule has 0 atom stereocenters. The fraction of sp³-hybridized carbons (Fsp3) is 0.308. The highest BCUT2D eigenvalue weighted by atomic mass is 15.1. The Kier molecular flexibility index (Phi) is 3.92. The topological polar surface area (TPSA) is 21.2 Å². The van der Waals surface area contributed by atoms with E-state index in [1.165, 1.54) is 49.7 Å². The van der Waals surface area contributed by atoms with E-state index < -0.39 is 0 Å². The molecular formula is C26H28N3+. The Bertz CT molecular complexity index is 1420. The van der Waals surface area contributed by atoms with Crippen molar-refractivity contribution < 1.29 is 4.57 Å². The fourth-order valence-corrected chi connectivity index (χ4v) is 4.76. The minimum Gasteiger partial charge on any atom is -0.255 e. The monoisotopic (exact) mass is 382 g/mol. The molecule has 0 unspecified atom stereocenters. The molecule has 5 aromatic rings. The first kappa shape index (κ1) is 18.1. The Morgan fingerprint density at radius 1 is 0.897 bits per heavy atom. The van der Waals surface area contributed by atoms with Crippen molar-refractivity contribution >= 4 is 38.5 Å². The average molecular weight is 383 g/mol. The molecule has 29 heavy (non-hydrogen) atoms. The van der Waals surface area contributed by atoms with E-state index in [4.69, 9.17) is 4.98 Å². The molecule has 0 saturated heterocycles. The van der Waals surface area contributed by atoms with Gasteiger partial charge >= 0.3 is 0 Å². The van der Waals surface area contributed by atoms with Gasteiger partial charge in [0, 0.05) is 6.20 Å². The van der Waals surface area contributed by atoms with Crippen LogP contribution < -0.4 is 4.57 Å². The number of pyridine rings is 2. The quantitative estimate of drug-likeness (QED) is 0.264. The van der Waals surface area contributed by atoms with Crippen LogP contribution in [-0.2, 0) is 7.05 Å². The highest BCUT2D eigenvalue weighted by molar-refractivity contribution is 6.13. The Morgan fingerprint density at radius 3 is 2.38 bits per heavy atom. The summed E-state index contributed by atoms with van der Waals surface area (Å²) < 4.78 is 4.78. The summed E-state index contributed by atoms with van der Waals surface area (Å²) in [6, 6.07) is 15.6. The summed E-state index contributed by atoms with van der Waals surface area (Å²) in [5.74, 6) is 0.901. The van der Waals surface area contributed by atoms with Crippen LogP contribution in [0.5, 0.6) is 0 Å². The lowest BCUT2D eigenvalue weighted by molar-refractivity contribution is -0.617. The molecule has 0 radical (unpaired) electrons. The summed E-state index contributed by atoms with van der Waals surface area (Å²) in [6.07, 6.45) is 1.96. The molecular weight excluding hydrogens is 354 g/mol. The van der Waals surface area contributed by atoms with E-state index in [2.05, 4.69) is 93.1 Å². The number of benzene rings is 2. The van der Waals surface area contributed by atoms with E-state index in [1.807, 2.05) is 6.20 Å². The first-order valence-corrected chi connectivity index (χ1v) is 10.5. The van der Waals surface area contributed by atoms with Gasteiger partial charge in [0.1, 0.15) is 5.52 Å². The van der Waals surface area contributed by atoms with Crippen molar-refractivity contribution in [1.82, 2.24) is 9.38 Å². The summed E-state index contributed by atoms with van der Waals surface area (Å²) in [5.41, 5.74) is 10.1. The van der Waals surface area contributed by atoms with E-state index in [9.17, 15) is 0 Å². The van der Waals surface area contributed by atoms with Gasteiger partial charge in [0.2, 0.25) is 0 Å². The van der Waals surface area contributed by atoms with Crippen LogP contribution in [0.4, 0.5) is 0 Å². The predicted molar refractivity (Wildman–Crippen MR) is 122 cm³/mol. The number of para-hydroxylation sites is 2. The zero-order chi connectivity index (χ0) is 20.4. The minimum atomic E-state index is 0.426. The maximum atomic E-state index is 4.92. The van der Waals surface area contributed by atoms with Gasteiger partial charge in [0.05, 0.1) is 23.3 Å². The Balaban J connectivity index is 2.22. The number of fused-ring (bicyclic) bond motifs is 8. The van der Waals surface area contributed by atoms with Crippen LogP contribution in [0.25, 0.3) is 38.5 Å². The lowest BCUT2D eigenvalue weighted by Crippen LogP contribution is -2.27. The molecule has 0 spiro atoms. The molecule has 5 rings (SSSR count). The highest BCUT2D eigenvalue weighted by Crippen LogP contribution is 2.37. The third kappa shape index (κ3) is 2.43. The number of hydrogen-bond acceptors (Lipinski definition) is 1. The Hall–Kier alpha value is -2.94. The second-order valence-electron chi connectivity index (χ2n) is 8.87. The Labute approximate surface area is 171 Å². The van der Waals surface area contributed by atoms with Gasteiger partial charge in [-0.05, 0) is 59.7 Å². The van der Waals surface area contributed by atoms with Crippen molar-refractivity contribution in [3.8, 4) is 0 Å². The fourth-order valence-electron chi connectivity index (χ4n) is 4.76. The zero-order valence-corrected chi connectivity index (χ0v) is 18.1. The molecule has 0 bridgehead atoms. The van der Waals surface area contributed by atoms with E-state index in [0.717, 1.165) is 5.52 Å². The van der Waals surface area contributed by atoms with Gasteiger partial charge in [0.25, 0.3) is 5.65 Å². The molecule has 0 N–H and O–H groups in total. The summed E-state index contributed by atoms with van der Waals surface area (Å²) in [5, 5.41) is 2.54. The largest absolute Gasteiger partial charge is 0.297 e. The molecule has 146 valence electrons. The molecule has 0 aliphatic rings. The number of nitrogens with zero attached hydrogens (tertiary/aromatic N) is 3. The van der Waals surface area contributed by atoms with Gasteiger partial charge in [0.15, 0.2) is 11.0 Å². The second kappa shape index (κ2) is 6.28. The van der Waals surface area contributed by atoms with Gasteiger partial charge < -0.3 is 0 Å². The minimum absolute atomic E-state index is 0.426. The average Bonchev–Trinajstić information content (AvgIpc) is 3.00. The van der Waals surface area contributed by atoms with Crippen LogP contribution in [-0.4, -0.2) is 9.38 Å². The van der Waals surface area contributed by atoms with E-state index in [1.54, 1.807) is 0 Å². The van der Waals surface area contributed by atoms with Crippen LogP contribution in [0, 0.1) is 6.92 Å². The molecule has 3 nitrogen and oxygen atoms in total. The van der Waals surface area contributed by atoms with Crippen molar-refractivity contribution in [3.63, 3.8) is 0 Å². The molecule has 3 heterocycles. The summed E-state index contributed by atoms with van der Waals surface area (Å²) in [7, 11) is 2.17. The molecule has 0 amide bonds. The number of hydrogen-bond donors (Lipinski definition) is 0. The van der Waals surface area contributed by atoms with Gasteiger partial charge in [-0.2, -0.15) is 4.40 Å². The number of imidazole rings is 1. The van der Waals surface area contributed by atoms with Gasteiger partial charge in [-0.1, -0.05) is 45.9 Å². The van der Waals surface area contributed by atoms with E-state index in [-0.39, 0.29) is 0 Å². The second-order valence-corrected chi connectivity index (χ2v) is 8.87. The molecule has 0 aliphatic carbocycles. The maximum absolute atomic E-state index is 4.92. The van der Waals surface area contributed by atoms with Crippen LogP contribution in [0.1, 0.15) is 56.2 Å². The SMILES string of the molecule is Cc1ccnc2c3c(C(C)C)cc(C(C)C)cc3n3c4ccccc4[n+](C)c3c12. The lowest BCUT2D eigenvalue weighted by atomic mass is 9.90. The smallest absolute Gasteiger partial charge is 0.255 e. The van der Waals surface area contributed by atoms with Crippen LogP contribution in [0.15, 0.2) is 48.7 Å². The van der Waals surface area contributed by atoms with Crippen molar-refractivity contribution in [3.05, 3.63) is 65.4 Å². The lowest BCUT2D eigenvalue weighted by Gasteiger charge is -2.16. The molecule has 0 fully saturated rings. The molecule has 2 aromatic carbocycles. The molecule has 0 saturated carbocycles. The normalized spacial score (nSPS) is 12.4. The molecule has 3 heteroatoms. The number of aryl methyl sites for hydroxylation is 2. The Morgan fingerprint density at radius 2 is 1.66 bits per heavy atom. The van der Waals surface area contributed by atoms with Gasteiger partial charge in [-0.3, -0.25) is 4.98 Å². The number of aromatic nitrogens is 3. The van der Waals surface area contributed by atoms with Crippen molar-refractivity contribution in [2.75, 3.05) is 0 Å². The van der Waals surface area contributed by atoms with Gasteiger partial charge in [-0.15, -0.1) is 0 Å². The molecule has 3 aromatic heterocycles. The van der Waals surface area contributed by atoms with E-state index >= 15 is 0 Å². The van der Waals surface area contributed by atoms with Crippen LogP contribution >= 0.6 is 0 Å². The standard InChI is InChI=1S/C26H28N3/c1-15(2)18-13-19(16(3)4)24-22(14-18)29-21-10-8-7-9-20(21)28(6)26(29)23-17(5)11-12-27-25(23)24/h7-16H,1-6H3/q+1. The van der Waals surface area contributed by atoms with Crippen LogP contribution in [0.3, 0.4) is 0 Å². The predicted octanol–water partition coefficient (Wildman–Crippen LogP) is 6.17. The van der Waals surface area contributed by atoms with Crippen molar-refractivity contribution in [1.29, 1.82) is 0 Å². The third-order valence-electron chi connectivity index (χ3n) is 6.33. The first-order valence-electron chi connectivity index (χ1n) is 10.5. The number of rotatable bonds is 2. The third-order valence-corrected chi connectivity index (χ3v) is 6.33. The van der Waals surface area contributed by atoms with Gasteiger partial charge in [-0.25, -0.2) is 4.57 Å². The summed E-state index contributed by atoms with van der Waals surface area (Å²) in [4.78, 5) is 4.92. The van der Waals surface area contributed by atoms with E-state index in [0.29, 0.717) is 11.8 Å². The van der Waals surface area contributed by atoms with Crippen molar-refractivity contribution in [2.45, 2.75) is 46.5 Å². The summed E-state index contributed by atoms with van der Waals surface area (Å²) in [6.45, 7) is 11.3. The zero-order valence-electron chi connectivity index (χ0n) is 18.1. The maximum Gasteiger partial charge on any atom is 0.297 e. The first-order chi connectivity index (χ1) is 13.9.